The summed E-state index contributed by atoms with van der Waals surface area (Å²) in [7, 11) is 1.25. The molecule has 1 amide bonds. The van der Waals surface area contributed by atoms with E-state index in [2.05, 4.69) is 10.3 Å². The zero-order valence-corrected chi connectivity index (χ0v) is 16.4. The summed E-state index contributed by atoms with van der Waals surface area (Å²) in [4.78, 5) is 41.4. The van der Waals surface area contributed by atoms with Crippen molar-refractivity contribution in [3.63, 3.8) is 0 Å². The minimum Gasteiger partial charge on any atom is -0.465 e. The van der Waals surface area contributed by atoms with Gasteiger partial charge in [-0.2, -0.15) is 0 Å². The fraction of sp³-hybridized carbons (Fsp3) is 0.176. The molecule has 0 unspecified atom stereocenters. The van der Waals surface area contributed by atoms with Gasteiger partial charge < -0.3 is 15.9 Å². The quantitative estimate of drug-likeness (QED) is 0.280. The van der Waals surface area contributed by atoms with Gasteiger partial charge in [0.25, 0.3) is 5.56 Å². The minimum atomic E-state index is -0.559. The molecule has 0 saturated carbocycles. The number of nitrogens with zero attached hydrogens (tertiary/aromatic N) is 2. The first kappa shape index (κ1) is 19.8. The topological polar surface area (TPSA) is 116 Å². The zero-order chi connectivity index (χ0) is 20.4. The van der Waals surface area contributed by atoms with Crippen molar-refractivity contribution < 1.29 is 18.7 Å². The highest BCUT2D eigenvalue weighted by Gasteiger charge is 2.21. The molecule has 0 atom stereocenters. The van der Waals surface area contributed by atoms with Gasteiger partial charge in [0, 0.05) is 5.69 Å². The van der Waals surface area contributed by atoms with Crippen LogP contribution in [0, 0.1) is 12.7 Å². The van der Waals surface area contributed by atoms with Gasteiger partial charge in [-0.05, 0) is 36.8 Å². The van der Waals surface area contributed by atoms with Crippen molar-refractivity contribution in [1.82, 2.24) is 9.66 Å². The summed E-state index contributed by atoms with van der Waals surface area (Å²) in [5.74, 6) is 4.42. The molecular weight excluding hydrogens is 407 g/mol. The maximum absolute atomic E-state index is 12.9. The minimum absolute atomic E-state index is 0.0687. The number of halogens is 1. The van der Waals surface area contributed by atoms with Crippen molar-refractivity contribution in [2.24, 2.45) is 0 Å². The summed E-state index contributed by atoms with van der Waals surface area (Å²) in [5, 5.41) is 2.98. The van der Waals surface area contributed by atoms with Crippen LogP contribution in [0.2, 0.25) is 0 Å². The van der Waals surface area contributed by atoms with Crippen LogP contribution in [-0.4, -0.2) is 34.4 Å². The Labute approximate surface area is 166 Å². The molecule has 2 heterocycles. The highest BCUT2D eigenvalue weighted by Crippen LogP contribution is 2.29. The molecule has 146 valence electrons. The Morgan fingerprint density at radius 1 is 1.36 bits per heavy atom. The summed E-state index contributed by atoms with van der Waals surface area (Å²) in [6.45, 7) is 1.62. The molecule has 0 aliphatic carbocycles. The second-order valence-corrected chi connectivity index (χ2v) is 7.58. The van der Waals surface area contributed by atoms with Gasteiger partial charge >= 0.3 is 5.97 Å². The number of nitrogens with one attached hydrogen (secondary N) is 1. The average molecular weight is 422 g/mol. The number of nitrogen functional groups attached to an aromatic ring is 1. The molecule has 0 aliphatic heterocycles. The van der Waals surface area contributed by atoms with E-state index in [1.165, 1.54) is 31.4 Å². The standard InChI is InChI=1S/C17H15FN4O4S2/c1-8-12-14(28-13(8)16(25)26-2)21-17(22(19)15(12)24)27-7-11(23)20-10-5-3-9(18)4-6-10/h3-6H,7,19H2,1-2H3,(H,20,23). The largest absolute Gasteiger partial charge is 0.465 e. The third-order valence-electron chi connectivity index (χ3n) is 3.80. The van der Waals surface area contributed by atoms with Crippen molar-refractivity contribution in [2.45, 2.75) is 12.1 Å². The van der Waals surface area contributed by atoms with Crippen molar-refractivity contribution >= 4 is 50.9 Å². The van der Waals surface area contributed by atoms with Crippen molar-refractivity contribution in [3.05, 3.63) is 50.9 Å². The van der Waals surface area contributed by atoms with Crippen LogP contribution >= 0.6 is 23.1 Å². The third-order valence-corrected chi connectivity index (χ3v) is 5.91. The van der Waals surface area contributed by atoms with Gasteiger partial charge in [0.05, 0.1) is 18.2 Å². The number of methoxy groups -OCH3 is 1. The lowest BCUT2D eigenvalue weighted by molar-refractivity contribution is -0.113. The number of rotatable bonds is 5. The molecule has 0 spiro atoms. The highest BCUT2D eigenvalue weighted by atomic mass is 32.2. The number of anilines is 1. The number of hydrogen-bond acceptors (Lipinski definition) is 8. The van der Waals surface area contributed by atoms with Crippen molar-refractivity contribution in [1.29, 1.82) is 0 Å². The van der Waals surface area contributed by atoms with Crippen molar-refractivity contribution in [2.75, 3.05) is 24.0 Å². The number of ether oxygens (including phenoxy) is 1. The van der Waals surface area contributed by atoms with Gasteiger partial charge in [-0.1, -0.05) is 11.8 Å². The first-order chi connectivity index (χ1) is 13.3. The maximum Gasteiger partial charge on any atom is 0.348 e. The van der Waals surface area contributed by atoms with Gasteiger partial charge in [0.15, 0.2) is 5.16 Å². The Kier molecular flexibility index (Phi) is 5.66. The second kappa shape index (κ2) is 7.98. The van der Waals surface area contributed by atoms with Crippen molar-refractivity contribution in [3.8, 4) is 0 Å². The molecule has 0 radical (unpaired) electrons. The third kappa shape index (κ3) is 3.85. The van der Waals surface area contributed by atoms with E-state index in [1.54, 1.807) is 6.92 Å². The van der Waals surface area contributed by atoms with Crippen LogP contribution in [0.1, 0.15) is 15.2 Å². The van der Waals surface area contributed by atoms with Crippen LogP contribution in [-0.2, 0) is 9.53 Å². The number of nitrogens with two attached hydrogens (primary N) is 1. The van der Waals surface area contributed by atoms with E-state index in [1.807, 2.05) is 0 Å². The Balaban J connectivity index is 1.82. The van der Waals surface area contributed by atoms with E-state index in [-0.39, 0.29) is 27.1 Å². The Morgan fingerprint density at radius 2 is 2.04 bits per heavy atom. The number of aryl methyl sites for hydroxylation is 1. The monoisotopic (exact) mass is 422 g/mol. The Hall–Kier alpha value is -2.92. The number of benzene rings is 1. The SMILES string of the molecule is COC(=O)c1sc2nc(SCC(=O)Nc3ccc(F)cc3)n(N)c(=O)c2c1C. The van der Waals surface area contributed by atoms with E-state index < -0.39 is 17.3 Å². The number of thioether (sulfide) groups is 1. The lowest BCUT2D eigenvalue weighted by atomic mass is 10.2. The fourth-order valence-corrected chi connectivity index (χ4v) is 4.28. The Bertz CT molecular complexity index is 1120. The van der Waals surface area contributed by atoms with Gasteiger partial charge in [-0.25, -0.2) is 18.8 Å². The van der Waals surface area contributed by atoms with Gasteiger partial charge in [-0.3, -0.25) is 9.59 Å². The fourth-order valence-electron chi connectivity index (χ4n) is 2.43. The number of thiophene rings is 1. The lowest BCUT2D eigenvalue weighted by Gasteiger charge is -2.08. The molecule has 28 heavy (non-hydrogen) atoms. The summed E-state index contributed by atoms with van der Waals surface area (Å²) < 4.78 is 18.5. The number of esters is 1. The Morgan fingerprint density at radius 3 is 2.68 bits per heavy atom. The smallest absolute Gasteiger partial charge is 0.348 e. The van der Waals surface area contributed by atoms with E-state index in [0.29, 0.717) is 16.1 Å². The number of carbonyl (C=O) groups is 2. The summed E-state index contributed by atoms with van der Waals surface area (Å²) in [5.41, 5.74) is 0.377. The number of hydrogen-bond donors (Lipinski definition) is 2. The molecule has 0 aliphatic rings. The first-order valence-electron chi connectivity index (χ1n) is 7.89. The molecule has 11 heteroatoms. The van der Waals surface area contributed by atoms with Crippen LogP contribution < -0.4 is 16.7 Å². The summed E-state index contributed by atoms with van der Waals surface area (Å²) in [6, 6.07) is 5.33. The molecule has 0 fully saturated rings. The van der Waals surface area contributed by atoms with Crippen LogP contribution in [0.4, 0.5) is 10.1 Å². The molecule has 3 rings (SSSR count). The predicted molar refractivity (Wildman–Crippen MR) is 106 cm³/mol. The molecule has 1 aromatic carbocycles. The van der Waals surface area contributed by atoms with Gasteiger partial charge in [-0.15, -0.1) is 11.3 Å². The van der Waals surface area contributed by atoms with Crippen LogP contribution in [0.15, 0.2) is 34.2 Å². The molecule has 0 bridgehead atoms. The predicted octanol–water partition coefficient (Wildman–Crippen LogP) is 2.14. The average Bonchev–Trinajstić information content (AvgIpc) is 3.01. The lowest BCUT2D eigenvalue weighted by Crippen LogP contribution is -2.30. The molecular formula is C17H15FN4O4S2. The van der Waals surface area contributed by atoms with E-state index >= 15 is 0 Å². The molecule has 3 N–H and O–H groups in total. The molecule has 8 nitrogen and oxygen atoms in total. The maximum atomic E-state index is 12.9. The van der Waals surface area contributed by atoms with E-state index in [4.69, 9.17) is 10.6 Å². The number of carbonyl (C=O) groups excluding carboxylic acids is 2. The molecule has 0 saturated heterocycles. The van der Waals surface area contributed by atoms with Crippen LogP contribution in [0.25, 0.3) is 10.2 Å². The van der Waals surface area contributed by atoms with Gasteiger partial charge in [0.1, 0.15) is 15.5 Å². The number of fused-ring (bicyclic) bond motifs is 1. The molecule has 2 aromatic heterocycles. The number of aromatic nitrogens is 2. The summed E-state index contributed by atoms with van der Waals surface area (Å²) >= 11 is 1.99. The number of amides is 1. The highest BCUT2D eigenvalue weighted by molar-refractivity contribution is 7.99. The van der Waals surface area contributed by atoms with E-state index in [9.17, 15) is 18.8 Å². The summed E-state index contributed by atoms with van der Waals surface area (Å²) in [6.07, 6.45) is 0. The first-order valence-corrected chi connectivity index (χ1v) is 9.69. The van der Waals surface area contributed by atoms with E-state index in [0.717, 1.165) is 27.8 Å². The second-order valence-electron chi connectivity index (χ2n) is 5.64. The van der Waals surface area contributed by atoms with Crippen LogP contribution in [0.3, 0.4) is 0 Å². The van der Waals surface area contributed by atoms with Crippen LogP contribution in [0.5, 0.6) is 0 Å². The molecule has 3 aromatic rings. The zero-order valence-electron chi connectivity index (χ0n) is 14.8. The van der Waals surface area contributed by atoms with Gasteiger partial charge in [0.2, 0.25) is 5.91 Å². The normalized spacial score (nSPS) is 10.8.